The number of amides is 2. The molecule has 1 aliphatic rings. The third-order valence-corrected chi connectivity index (χ3v) is 5.23. The van der Waals surface area contributed by atoms with Crippen molar-refractivity contribution in [1.82, 2.24) is 20.9 Å². The lowest BCUT2D eigenvalue weighted by molar-refractivity contribution is -0.0801. The van der Waals surface area contributed by atoms with E-state index in [0.29, 0.717) is 18.7 Å². The number of benzene rings is 1. The zero-order valence-electron chi connectivity index (χ0n) is 16.9. The fourth-order valence-corrected chi connectivity index (χ4v) is 3.52. The van der Waals surface area contributed by atoms with Gasteiger partial charge in [0.1, 0.15) is 5.69 Å². The van der Waals surface area contributed by atoms with Crippen LogP contribution < -0.4 is 16.0 Å². The van der Waals surface area contributed by atoms with Crippen molar-refractivity contribution in [3.05, 3.63) is 65.0 Å². The summed E-state index contributed by atoms with van der Waals surface area (Å²) in [6, 6.07) is 12.6. The highest BCUT2D eigenvalue weighted by molar-refractivity contribution is 5.98. The number of piperidine rings is 1. The van der Waals surface area contributed by atoms with Crippen LogP contribution in [0.4, 0.5) is 8.78 Å². The molecule has 1 unspecified atom stereocenters. The minimum atomic E-state index is -2.72. The maximum absolute atomic E-state index is 14.0. The number of alkyl halides is 2. The minimum absolute atomic E-state index is 0.131. The standard InChI is InChI=1S/C22H26F2N4O2/c1-25-21(30)19-13-16(12-18(28-19)11-15-5-3-2-4-6-15)20(29)27-9-7-17-14-26-10-8-22(17,23)24/h2-6,12-13,17,26H,7-11,14H2,1H3,(H,25,30)(H,27,29). The zero-order chi connectivity index (χ0) is 21.6. The van der Waals surface area contributed by atoms with Crippen LogP contribution in [0.3, 0.4) is 0 Å². The average Bonchev–Trinajstić information content (AvgIpc) is 2.74. The van der Waals surface area contributed by atoms with Crippen molar-refractivity contribution < 1.29 is 18.4 Å². The number of pyridine rings is 1. The molecule has 2 amide bonds. The molecule has 1 saturated heterocycles. The summed E-state index contributed by atoms with van der Waals surface area (Å²) in [7, 11) is 1.49. The summed E-state index contributed by atoms with van der Waals surface area (Å²) in [6.07, 6.45) is 0.455. The third kappa shape index (κ3) is 5.60. The second-order valence-electron chi connectivity index (χ2n) is 7.43. The van der Waals surface area contributed by atoms with E-state index in [-0.39, 0.29) is 37.2 Å². The van der Waals surface area contributed by atoms with Gasteiger partial charge in [-0.25, -0.2) is 13.8 Å². The topological polar surface area (TPSA) is 83.1 Å². The summed E-state index contributed by atoms with van der Waals surface area (Å²) in [5.74, 6) is -4.34. The molecule has 1 fully saturated rings. The van der Waals surface area contributed by atoms with Gasteiger partial charge in [-0.2, -0.15) is 0 Å². The lowest BCUT2D eigenvalue weighted by Crippen LogP contribution is -2.45. The normalized spacial score (nSPS) is 17.9. The largest absolute Gasteiger partial charge is 0.354 e. The number of aromatic nitrogens is 1. The molecule has 0 saturated carbocycles. The number of nitrogens with one attached hydrogen (secondary N) is 3. The van der Waals surface area contributed by atoms with Gasteiger partial charge < -0.3 is 16.0 Å². The van der Waals surface area contributed by atoms with E-state index in [2.05, 4.69) is 20.9 Å². The third-order valence-electron chi connectivity index (χ3n) is 5.23. The highest BCUT2D eigenvalue weighted by atomic mass is 19.3. The lowest BCUT2D eigenvalue weighted by atomic mass is 9.92. The second-order valence-corrected chi connectivity index (χ2v) is 7.43. The quantitative estimate of drug-likeness (QED) is 0.647. The van der Waals surface area contributed by atoms with Gasteiger partial charge in [0, 0.05) is 56.7 Å². The molecule has 6 nitrogen and oxygen atoms in total. The number of hydrogen-bond acceptors (Lipinski definition) is 4. The van der Waals surface area contributed by atoms with Crippen LogP contribution >= 0.6 is 0 Å². The first kappa shape index (κ1) is 21.8. The molecule has 2 aromatic rings. The summed E-state index contributed by atoms with van der Waals surface area (Å²) in [5, 5.41) is 8.18. The molecular formula is C22H26F2N4O2. The molecule has 3 rings (SSSR count). The first-order valence-corrected chi connectivity index (χ1v) is 10.0. The van der Waals surface area contributed by atoms with Gasteiger partial charge >= 0.3 is 0 Å². The van der Waals surface area contributed by atoms with Crippen molar-refractivity contribution in [2.75, 3.05) is 26.7 Å². The van der Waals surface area contributed by atoms with Crippen molar-refractivity contribution in [3.8, 4) is 0 Å². The number of carbonyl (C=O) groups excluding carboxylic acids is 2. The number of nitrogens with zero attached hydrogens (tertiary/aromatic N) is 1. The Hall–Kier alpha value is -2.87. The van der Waals surface area contributed by atoms with Crippen LogP contribution in [-0.4, -0.2) is 49.4 Å². The summed E-state index contributed by atoms with van der Waals surface area (Å²) in [5.41, 5.74) is 2.00. The molecule has 2 heterocycles. The van der Waals surface area contributed by atoms with Gasteiger partial charge in [-0.3, -0.25) is 9.59 Å². The molecule has 3 N–H and O–H groups in total. The molecular weight excluding hydrogens is 390 g/mol. The molecule has 0 spiro atoms. The average molecular weight is 416 g/mol. The van der Waals surface area contributed by atoms with Crippen LogP contribution in [0, 0.1) is 5.92 Å². The number of hydrogen-bond donors (Lipinski definition) is 3. The van der Waals surface area contributed by atoms with Gasteiger partial charge in [-0.15, -0.1) is 0 Å². The Bertz CT molecular complexity index is 890. The number of carbonyl (C=O) groups is 2. The summed E-state index contributed by atoms with van der Waals surface area (Å²) >= 11 is 0. The van der Waals surface area contributed by atoms with Gasteiger partial charge in [-0.1, -0.05) is 30.3 Å². The Labute approximate surface area is 174 Å². The van der Waals surface area contributed by atoms with Crippen molar-refractivity contribution >= 4 is 11.8 Å². The second kappa shape index (κ2) is 9.75. The first-order valence-electron chi connectivity index (χ1n) is 10.0. The van der Waals surface area contributed by atoms with Crippen LogP contribution in [0.2, 0.25) is 0 Å². The van der Waals surface area contributed by atoms with E-state index in [1.54, 1.807) is 6.07 Å². The van der Waals surface area contributed by atoms with Crippen molar-refractivity contribution in [2.45, 2.75) is 25.2 Å². The van der Waals surface area contributed by atoms with Crippen LogP contribution in [0.5, 0.6) is 0 Å². The molecule has 1 atom stereocenters. The van der Waals surface area contributed by atoms with Gasteiger partial charge in [0.25, 0.3) is 17.7 Å². The summed E-state index contributed by atoms with van der Waals surface area (Å²) in [4.78, 5) is 29.1. The lowest BCUT2D eigenvalue weighted by Gasteiger charge is -2.31. The maximum Gasteiger partial charge on any atom is 0.269 e. The Kier molecular flexibility index (Phi) is 7.10. The van der Waals surface area contributed by atoms with E-state index in [9.17, 15) is 18.4 Å². The fraction of sp³-hybridized carbons (Fsp3) is 0.409. The number of halogens is 2. The molecule has 160 valence electrons. The molecule has 1 aliphatic heterocycles. The van der Waals surface area contributed by atoms with Crippen LogP contribution in [0.25, 0.3) is 0 Å². The number of rotatable bonds is 7. The highest BCUT2D eigenvalue weighted by Crippen LogP contribution is 2.32. The Balaban J connectivity index is 1.70. The summed E-state index contributed by atoms with van der Waals surface area (Å²) in [6.45, 7) is 0.673. The Morgan fingerprint density at radius 1 is 1.20 bits per heavy atom. The smallest absolute Gasteiger partial charge is 0.269 e. The highest BCUT2D eigenvalue weighted by Gasteiger charge is 2.40. The van der Waals surface area contributed by atoms with Crippen LogP contribution in [0.1, 0.15) is 44.9 Å². The van der Waals surface area contributed by atoms with E-state index in [0.717, 1.165) is 5.56 Å². The predicted octanol–water partition coefficient (Wildman–Crippen LogP) is 2.40. The maximum atomic E-state index is 14.0. The van der Waals surface area contributed by atoms with E-state index in [1.807, 2.05) is 30.3 Å². The molecule has 30 heavy (non-hydrogen) atoms. The molecule has 1 aromatic heterocycles. The monoisotopic (exact) mass is 416 g/mol. The van der Waals surface area contributed by atoms with E-state index in [4.69, 9.17) is 0 Å². The van der Waals surface area contributed by atoms with Crippen molar-refractivity contribution in [1.29, 1.82) is 0 Å². The van der Waals surface area contributed by atoms with E-state index < -0.39 is 23.7 Å². The van der Waals surface area contributed by atoms with Crippen molar-refractivity contribution in [3.63, 3.8) is 0 Å². The Morgan fingerprint density at radius 3 is 2.67 bits per heavy atom. The summed E-state index contributed by atoms with van der Waals surface area (Å²) < 4.78 is 27.9. The first-order chi connectivity index (χ1) is 14.4. The molecule has 0 aliphatic carbocycles. The van der Waals surface area contributed by atoms with Crippen LogP contribution in [-0.2, 0) is 6.42 Å². The zero-order valence-corrected chi connectivity index (χ0v) is 16.9. The van der Waals surface area contributed by atoms with E-state index >= 15 is 0 Å². The molecule has 0 radical (unpaired) electrons. The van der Waals surface area contributed by atoms with Crippen molar-refractivity contribution in [2.24, 2.45) is 5.92 Å². The molecule has 1 aromatic carbocycles. The predicted molar refractivity (Wildman–Crippen MR) is 110 cm³/mol. The van der Waals surface area contributed by atoms with E-state index in [1.165, 1.54) is 13.1 Å². The SMILES string of the molecule is CNC(=O)c1cc(C(=O)NCCC2CNCCC2(F)F)cc(Cc2ccccc2)n1. The van der Waals surface area contributed by atoms with Gasteiger partial charge in [-0.05, 0) is 24.1 Å². The molecule has 8 heteroatoms. The fourth-order valence-electron chi connectivity index (χ4n) is 3.52. The van der Waals surface area contributed by atoms with Gasteiger partial charge in [0.15, 0.2) is 0 Å². The molecule has 0 bridgehead atoms. The van der Waals surface area contributed by atoms with Gasteiger partial charge in [0.2, 0.25) is 0 Å². The van der Waals surface area contributed by atoms with Crippen LogP contribution in [0.15, 0.2) is 42.5 Å². The van der Waals surface area contributed by atoms with Gasteiger partial charge in [0.05, 0.1) is 0 Å². The minimum Gasteiger partial charge on any atom is -0.354 e. The Morgan fingerprint density at radius 2 is 1.97 bits per heavy atom.